The molecule has 0 fully saturated rings. The van der Waals surface area contributed by atoms with Gasteiger partial charge in [0.1, 0.15) is 18.2 Å². The first-order valence-electron chi connectivity index (χ1n) is 14.8. The van der Waals surface area contributed by atoms with Crippen LogP contribution in [0.1, 0.15) is 52.9 Å². The van der Waals surface area contributed by atoms with E-state index in [2.05, 4.69) is 5.32 Å². The highest BCUT2D eigenvalue weighted by Crippen LogP contribution is 2.40. The van der Waals surface area contributed by atoms with E-state index >= 15 is 8.78 Å². The van der Waals surface area contributed by atoms with Crippen molar-refractivity contribution in [2.75, 3.05) is 18.5 Å². The zero-order chi connectivity index (χ0) is 34.3. The summed E-state index contributed by atoms with van der Waals surface area (Å²) in [6, 6.07) is 8.78. The Hall–Kier alpha value is -4.30. The molecule has 6 nitrogen and oxygen atoms in total. The third kappa shape index (κ3) is 6.89. The fraction of sp³-hybridized carbons (Fsp3) is 0.333. The number of aryl methyl sites for hydroxylation is 2. The number of nitrogens with one attached hydrogen (secondary N) is 1. The summed E-state index contributed by atoms with van der Waals surface area (Å²) in [5, 5.41) is 15.9. The molecule has 2 heterocycles. The predicted octanol–water partition coefficient (Wildman–Crippen LogP) is 7.47. The van der Waals surface area contributed by atoms with Crippen LogP contribution in [0, 0.1) is 11.6 Å². The lowest BCUT2D eigenvalue weighted by molar-refractivity contribution is -0.143. The average molecular weight is 667 g/mol. The Kier molecular flexibility index (Phi) is 9.47. The molecule has 3 aromatic carbocycles. The van der Waals surface area contributed by atoms with E-state index in [4.69, 9.17) is 10.2 Å². The minimum Gasteiger partial charge on any atom is -0.387 e. The Labute approximate surface area is 264 Å². The molecule has 0 unspecified atom stereocenters. The summed E-state index contributed by atoms with van der Waals surface area (Å²) in [7, 11) is 0. The van der Waals surface area contributed by atoms with Crippen molar-refractivity contribution in [2.24, 2.45) is 0 Å². The molecule has 0 aliphatic carbocycles. The van der Waals surface area contributed by atoms with Gasteiger partial charge in [-0.3, -0.25) is 9.69 Å². The van der Waals surface area contributed by atoms with Gasteiger partial charge in [0.25, 0.3) is 0 Å². The SMILES string of the molecule is CCc1cccc(CC)c1-n1nc2c(c1-c1cc(F)c(NC(=O)CO)cc1F)CN(Cc1ccc(C(F)(F)F)cc1C(F)(F)F)CC2. The van der Waals surface area contributed by atoms with Gasteiger partial charge in [-0.1, -0.05) is 38.1 Å². The second kappa shape index (κ2) is 13.1. The normalized spacial score (nSPS) is 13.9. The van der Waals surface area contributed by atoms with E-state index in [0.29, 0.717) is 35.9 Å². The number of amides is 1. The molecule has 5 rings (SSSR count). The van der Waals surface area contributed by atoms with Gasteiger partial charge in [0.2, 0.25) is 5.91 Å². The lowest BCUT2D eigenvalue weighted by Gasteiger charge is -2.28. The van der Waals surface area contributed by atoms with E-state index < -0.39 is 53.3 Å². The Morgan fingerprint density at radius 1 is 0.915 bits per heavy atom. The van der Waals surface area contributed by atoms with Crippen LogP contribution in [0.3, 0.4) is 0 Å². The zero-order valence-corrected chi connectivity index (χ0v) is 25.3. The molecule has 0 saturated carbocycles. The minimum absolute atomic E-state index is 0.0667. The van der Waals surface area contributed by atoms with Crippen molar-refractivity contribution in [1.29, 1.82) is 0 Å². The fourth-order valence-corrected chi connectivity index (χ4v) is 5.90. The zero-order valence-electron chi connectivity index (χ0n) is 25.3. The molecule has 14 heteroatoms. The molecule has 250 valence electrons. The number of fused-ring (bicyclic) bond motifs is 1. The van der Waals surface area contributed by atoms with Gasteiger partial charge in [0, 0.05) is 43.2 Å². The van der Waals surface area contributed by atoms with Crippen molar-refractivity contribution >= 4 is 11.6 Å². The molecule has 1 aliphatic rings. The van der Waals surface area contributed by atoms with Crippen LogP contribution < -0.4 is 5.32 Å². The maximum absolute atomic E-state index is 15.9. The second-order valence-electron chi connectivity index (χ2n) is 11.2. The first-order valence-corrected chi connectivity index (χ1v) is 14.8. The first-order chi connectivity index (χ1) is 22.2. The van der Waals surface area contributed by atoms with Gasteiger partial charge < -0.3 is 10.4 Å². The van der Waals surface area contributed by atoms with Crippen molar-refractivity contribution in [1.82, 2.24) is 14.7 Å². The third-order valence-electron chi connectivity index (χ3n) is 8.16. The van der Waals surface area contributed by atoms with E-state index in [1.807, 2.05) is 32.0 Å². The molecule has 0 atom stereocenters. The van der Waals surface area contributed by atoms with Crippen molar-refractivity contribution in [3.8, 4) is 16.9 Å². The fourth-order valence-electron chi connectivity index (χ4n) is 5.90. The smallest absolute Gasteiger partial charge is 0.387 e. The van der Waals surface area contributed by atoms with Crippen LogP contribution in [0.2, 0.25) is 0 Å². The van der Waals surface area contributed by atoms with Crippen LogP contribution in [0.15, 0.2) is 48.5 Å². The molecule has 4 aromatic rings. The Morgan fingerprint density at radius 2 is 1.60 bits per heavy atom. The number of carbonyl (C=O) groups excluding carboxylic acids is 1. The molecule has 0 bridgehead atoms. The van der Waals surface area contributed by atoms with Gasteiger partial charge in [-0.15, -0.1) is 0 Å². The Morgan fingerprint density at radius 3 is 2.19 bits per heavy atom. The van der Waals surface area contributed by atoms with Gasteiger partial charge in [-0.2, -0.15) is 31.4 Å². The monoisotopic (exact) mass is 666 g/mol. The average Bonchev–Trinajstić information content (AvgIpc) is 3.39. The topological polar surface area (TPSA) is 70.4 Å². The van der Waals surface area contributed by atoms with Crippen LogP contribution in [0.4, 0.5) is 40.8 Å². The Bertz CT molecular complexity index is 1790. The molecule has 47 heavy (non-hydrogen) atoms. The van der Waals surface area contributed by atoms with Gasteiger partial charge in [0.15, 0.2) is 0 Å². The number of nitrogens with zero attached hydrogens (tertiary/aromatic N) is 3. The summed E-state index contributed by atoms with van der Waals surface area (Å²) in [6.45, 7) is 2.64. The van der Waals surface area contributed by atoms with Gasteiger partial charge in [-0.05, 0) is 47.7 Å². The van der Waals surface area contributed by atoms with E-state index in [-0.39, 0.29) is 48.9 Å². The summed E-state index contributed by atoms with van der Waals surface area (Å²) in [5.74, 6) is -2.90. The number of benzene rings is 3. The largest absolute Gasteiger partial charge is 0.416 e. The number of aliphatic hydroxyl groups is 1. The number of hydrogen-bond acceptors (Lipinski definition) is 4. The number of carbonyl (C=O) groups is 1. The molecule has 1 aliphatic heterocycles. The van der Waals surface area contributed by atoms with Crippen molar-refractivity contribution in [2.45, 2.75) is 58.6 Å². The predicted molar refractivity (Wildman–Crippen MR) is 158 cm³/mol. The highest BCUT2D eigenvalue weighted by molar-refractivity contribution is 5.92. The van der Waals surface area contributed by atoms with Crippen LogP contribution in [0.25, 0.3) is 16.9 Å². The van der Waals surface area contributed by atoms with E-state index in [1.54, 1.807) is 4.90 Å². The van der Waals surface area contributed by atoms with Gasteiger partial charge in [0.05, 0.1) is 33.9 Å². The first kappa shape index (κ1) is 34.0. The summed E-state index contributed by atoms with van der Waals surface area (Å²) in [4.78, 5) is 13.3. The van der Waals surface area contributed by atoms with Crippen molar-refractivity contribution < 1.29 is 45.0 Å². The number of hydrogen-bond donors (Lipinski definition) is 2. The van der Waals surface area contributed by atoms with Crippen LogP contribution >= 0.6 is 0 Å². The summed E-state index contributed by atoms with van der Waals surface area (Å²) in [5.41, 5.74) is -0.496. The quantitative estimate of drug-likeness (QED) is 0.192. The van der Waals surface area contributed by atoms with Crippen molar-refractivity contribution in [3.05, 3.63) is 99.2 Å². The number of anilines is 1. The van der Waals surface area contributed by atoms with Gasteiger partial charge in [-0.25, -0.2) is 13.5 Å². The van der Waals surface area contributed by atoms with Crippen LogP contribution in [0.5, 0.6) is 0 Å². The maximum atomic E-state index is 15.9. The van der Waals surface area contributed by atoms with E-state index in [9.17, 15) is 31.1 Å². The minimum atomic E-state index is -5.05. The highest BCUT2D eigenvalue weighted by Gasteiger charge is 2.39. The summed E-state index contributed by atoms with van der Waals surface area (Å²) in [6.07, 6.45) is -8.68. The number of aromatic nitrogens is 2. The molecular formula is C33H30F8N4O2. The standard InChI is InChI=1S/C33H30F8N4O2/c1-3-18-6-5-7-19(4-2)30(18)45-31(22-13-26(35)28(14-25(22)34)42-29(47)17-46)23-16-44(11-10-27(23)43-45)15-20-8-9-21(32(36,37)38)12-24(20)33(39,40)41/h5-9,12-14,46H,3-4,10-11,15-17H2,1-2H3,(H,42,47). The molecule has 0 radical (unpaired) electrons. The third-order valence-corrected chi connectivity index (χ3v) is 8.16. The van der Waals surface area contributed by atoms with E-state index in [1.165, 1.54) is 4.68 Å². The number of alkyl halides is 6. The number of aliphatic hydroxyl groups excluding tert-OH is 1. The van der Waals surface area contributed by atoms with Crippen molar-refractivity contribution in [3.63, 3.8) is 0 Å². The van der Waals surface area contributed by atoms with Crippen LogP contribution in [-0.2, 0) is 49.5 Å². The number of rotatable bonds is 8. The molecule has 1 amide bonds. The molecule has 0 saturated heterocycles. The molecule has 1 aromatic heterocycles. The maximum Gasteiger partial charge on any atom is 0.416 e. The second-order valence-corrected chi connectivity index (χ2v) is 11.2. The van der Waals surface area contributed by atoms with Gasteiger partial charge >= 0.3 is 12.4 Å². The molecule has 2 N–H and O–H groups in total. The highest BCUT2D eigenvalue weighted by atomic mass is 19.4. The molecular weight excluding hydrogens is 636 g/mol. The molecule has 0 spiro atoms. The lowest BCUT2D eigenvalue weighted by atomic mass is 9.97. The van der Waals surface area contributed by atoms with Crippen LogP contribution in [-0.4, -0.2) is 38.8 Å². The number of para-hydroxylation sites is 1. The van der Waals surface area contributed by atoms with E-state index in [0.717, 1.165) is 29.3 Å². The summed E-state index contributed by atoms with van der Waals surface area (Å²) >= 11 is 0. The lowest BCUT2D eigenvalue weighted by Crippen LogP contribution is -2.31. The summed E-state index contributed by atoms with van der Waals surface area (Å²) < 4.78 is 114. The number of halogens is 8. The Balaban J connectivity index is 1.65.